The van der Waals surface area contributed by atoms with Gasteiger partial charge in [0, 0.05) is 5.41 Å². The summed E-state index contributed by atoms with van der Waals surface area (Å²) in [5.74, 6) is 0.458. The van der Waals surface area contributed by atoms with Crippen molar-refractivity contribution in [3.05, 3.63) is 20.4 Å². The number of aliphatic hydroxyl groups is 1. The van der Waals surface area contributed by atoms with Crippen molar-refractivity contribution in [3.8, 4) is 5.75 Å². The molecule has 0 unspecified atom stereocenters. The number of unbranched alkanes of at least 4 members (excludes halogenated alkanes) is 5. The molecule has 2 fully saturated rings. The summed E-state index contributed by atoms with van der Waals surface area (Å²) in [6.07, 6.45) is 8.36. The first-order valence-electron chi connectivity index (χ1n) is 10.7. The van der Waals surface area contributed by atoms with Crippen LogP contribution < -0.4 is 20.9 Å². The van der Waals surface area contributed by atoms with Crippen LogP contribution in [-0.2, 0) is 0 Å². The first kappa shape index (κ1) is 20.4. The number of aliphatic hydroxyl groups excluding tert-OH is 1. The molecule has 3 rings (SSSR count). The highest BCUT2D eigenvalue weighted by Crippen LogP contribution is 2.65. The Morgan fingerprint density at radius 3 is 2.37 bits per heavy atom. The summed E-state index contributed by atoms with van der Waals surface area (Å²) in [6.45, 7) is 9.20. The topological polar surface area (TPSA) is 75.6 Å². The molecule has 1 aromatic carbocycles. The summed E-state index contributed by atoms with van der Waals surface area (Å²) >= 11 is 0. The fourth-order valence-electron chi connectivity index (χ4n) is 5.38. The Balaban J connectivity index is 1.59. The van der Waals surface area contributed by atoms with Crippen molar-refractivity contribution in [3.63, 3.8) is 0 Å². The van der Waals surface area contributed by atoms with Crippen LogP contribution in [0, 0.1) is 16.7 Å². The van der Waals surface area contributed by atoms with E-state index in [-0.39, 0.29) is 34.2 Å². The summed E-state index contributed by atoms with van der Waals surface area (Å²) < 4.78 is 5.65. The van der Waals surface area contributed by atoms with E-state index < -0.39 is 17.0 Å². The maximum absolute atomic E-state index is 12.1. The van der Waals surface area contributed by atoms with Crippen LogP contribution in [0.15, 0.2) is 9.59 Å². The van der Waals surface area contributed by atoms with Gasteiger partial charge in [0.05, 0.1) is 18.8 Å². The van der Waals surface area contributed by atoms with Gasteiger partial charge in [-0.3, -0.25) is 9.59 Å². The smallest absolute Gasteiger partial charge is 0.272 e. The molecule has 2 aliphatic carbocycles. The van der Waals surface area contributed by atoms with Crippen molar-refractivity contribution in [2.45, 2.75) is 91.2 Å². The predicted molar refractivity (Wildman–Crippen MR) is 108 cm³/mol. The van der Waals surface area contributed by atoms with Gasteiger partial charge in [-0.25, -0.2) is 0 Å². The molecule has 0 radical (unpaired) electrons. The van der Waals surface area contributed by atoms with Crippen LogP contribution in [0.3, 0.4) is 0 Å². The Labute approximate surface area is 162 Å². The Kier molecular flexibility index (Phi) is 5.72. The molecule has 0 aliphatic heterocycles. The third-order valence-corrected chi connectivity index (χ3v) is 7.72. The van der Waals surface area contributed by atoms with Crippen molar-refractivity contribution in [2.75, 3.05) is 11.9 Å². The highest BCUT2D eigenvalue weighted by molar-refractivity contribution is 5.63. The first-order chi connectivity index (χ1) is 12.8. The molecule has 0 aromatic heterocycles. The lowest BCUT2D eigenvalue weighted by Crippen LogP contribution is -2.46. The lowest BCUT2D eigenvalue weighted by atomic mass is 9.70. The van der Waals surface area contributed by atoms with E-state index in [0.29, 0.717) is 6.61 Å². The lowest BCUT2D eigenvalue weighted by Gasteiger charge is -2.37. The van der Waals surface area contributed by atoms with E-state index in [9.17, 15) is 14.7 Å². The molecular formula is C22H35NO4. The van der Waals surface area contributed by atoms with Crippen molar-refractivity contribution < 1.29 is 9.84 Å². The van der Waals surface area contributed by atoms with Crippen molar-refractivity contribution in [1.82, 2.24) is 0 Å². The van der Waals surface area contributed by atoms with E-state index in [2.05, 4.69) is 33.0 Å². The van der Waals surface area contributed by atoms with Crippen LogP contribution in [0.25, 0.3) is 0 Å². The Bertz CT molecular complexity index is 733. The van der Waals surface area contributed by atoms with Gasteiger partial charge in [-0.15, -0.1) is 0 Å². The molecule has 2 bridgehead atoms. The van der Waals surface area contributed by atoms with Gasteiger partial charge in [0.15, 0.2) is 5.75 Å². The SMILES string of the molecule is CCCCCCCCOc1c(N[C@H]2[C@H]3CC[C@@](C)([C@H]2O)C3(C)C)c(=O)c1=O. The van der Waals surface area contributed by atoms with Crippen LogP contribution in [-0.4, -0.2) is 23.9 Å². The van der Waals surface area contributed by atoms with Crippen molar-refractivity contribution in [2.24, 2.45) is 16.7 Å². The summed E-state index contributed by atoms with van der Waals surface area (Å²) in [5.41, 5.74) is -0.924. The number of anilines is 1. The van der Waals surface area contributed by atoms with E-state index in [1.807, 2.05) is 0 Å². The minimum absolute atomic E-state index is 0.000949. The van der Waals surface area contributed by atoms with Gasteiger partial charge in [-0.05, 0) is 30.6 Å². The average molecular weight is 378 g/mol. The highest BCUT2D eigenvalue weighted by atomic mass is 16.5. The monoisotopic (exact) mass is 377 g/mol. The van der Waals surface area contributed by atoms with Gasteiger partial charge >= 0.3 is 0 Å². The zero-order valence-corrected chi connectivity index (χ0v) is 17.3. The number of hydrogen-bond donors (Lipinski definition) is 2. The maximum Gasteiger partial charge on any atom is 0.272 e. The zero-order valence-electron chi connectivity index (χ0n) is 17.3. The van der Waals surface area contributed by atoms with E-state index in [1.165, 1.54) is 25.7 Å². The van der Waals surface area contributed by atoms with Gasteiger partial charge in [-0.2, -0.15) is 0 Å². The second-order valence-electron chi connectivity index (χ2n) is 9.38. The van der Waals surface area contributed by atoms with Crippen LogP contribution >= 0.6 is 0 Å². The van der Waals surface area contributed by atoms with Crippen LogP contribution in [0.2, 0.25) is 0 Å². The molecule has 2 N–H and O–H groups in total. The van der Waals surface area contributed by atoms with E-state index in [4.69, 9.17) is 4.74 Å². The van der Waals surface area contributed by atoms with E-state index in [0.717, 1.165) is 25.7 Å². The largest absolute Gasteiger partial charge is 0.487 e. The van der Waals surface area contributed by atoms with Crippen molar-refractivity contribution in [1.29, 1.82) is 0 Å². The summed E-state index contributed by atoms with van der Waals surface area (Å²) in [4.78, 5) is 24.0. The van der Waals surface area contributed by atoms with Gasteiger partial charge in [0.1, 0.15) is 5.69 Å². The molecule has 0 amide bonds. The lowest BCUT2D eigenvalue weighted by molar-refractivity contribution is 0.00842. The molecule has 152 valence electrons. The third kappa shape index (κ3) is 3.22. The summed E-state index contributed by atoms with van der Waals surface area (Å²) in [5, 5.41) is 14.1. The molecule has 27 heavy (non-hydrogen) atoms. The number of hydrogen-bond acceptors (Lipinski definition) is 5. The third-order valence-electron chi connectivity index (χ3n) is 7.72. The summed E-state index contributed by atoms with van der Waals surface area (Å²) in [7, 11) is 0. The molecule has 1 aromatic rings. The molecule has 5 heteroatoms. The van der Waals surface area contributed by atoms with Crippen LogP contribution in [0.5, 0.6) is 5.75 Å². The Morgan fingerprint density at radius 2 is 1.74 bits per heavy atom. The number of fused-ring (bicyclic) bond motifs is 2. The Hall–Kier alpha value is -1.36. The number of rotatable bonds is 10. The molecule has 0 saturated heterocycles. The molecule has 2 aliphatic rings. The average Bonchev–Trinajstić information content (AvgIpc) is 2.95. The van der Waals surface area contributed by atoms with Crippen LogP contribution in [0.1, 0.15) is 79.1 Å². The van der Waals surface area contributed by atoms with Gasteiger partial charge in [-0.1, -0.05) is 59.8 Å². The zero-order chi connectivity index (χ0) is 19.8. The Morgan fingerprint density at radius 1 is 1.07 bits per heavy atom. The van der Waals surface area contributed by atoms with Crippen LogP contribution in [0.4, 0.5) is 5.69 Å². The van der Waals surface area contributed by atoms with E-state index >= 15 is 0 Å². The van der Waals surface area contributed by atoms with Gasteiger partial charge in [0.2, 0.25) is 0 Å². The standard InChI is InChI=1S/C22H35NO4/c1-5-6-7-8-9-10-13-27-19-16(17(24)18(19)25)23-15-14-11-12-22(4,20(15)26)21(14,2)3/h14-15,20,23,26H,5-13H2,1-4H3/t14-,15+,20+,22+/m1/s1. The fourth-order valence-corrected chi connectivity index (χ4v) is 5.38. The maximum atomic E-state index is 12.1. The minimum atomic E-state index is -0.536. The first-order valence-corrected chi connectivity index (χ1v) is 10.7. The number of nitrogens with one attached hydrogen (secondary N) is 1. The molecule has 2 saturated carbocycles. The van der Waals surface area contributed by atoms with Gasteiger partial charge in [0.25, 0.3) is 10.9 Å². The van der Waals surface area contributed by atoms with Gasteiger partial charge < -0.3 is 15.2 Å². The fraction of sp³-hybridized carbons (Fsp3) is 0.818. The highest BCUT2D eigenvalue weighted by Gasteiger charge is 2.66. The minimum Gasteiger partial charge on any atom is -0.487 e. The molecular weight excluding hydrogens is 342 g/mol. The quantitative estimate of drug-likeness (QED) is 0.481. The molecule has 4 atom stereocenters. The second kappa shape index (κ2) is 7.57. The molecule has 0 spiro atoms. The normalized spacial score (nSPS) is 31.5. The number of ether oxygens (including phenoxy) is 1. The van der Waals surface area contributed by atoms with E-state index in [1.54, 1.807) is 0 Å². The van der Waals surface area contributed by atoms with Crippen molar-refractivity contribution >= 4 is 5.69 Å². The molecule has 5 nitrogen and oxygen atoms in total. The summed E-state index contributed by atoms with van der Waals surface area (Å²) in [6, 6.07) is -0.196. The second-order valence-corrected chi connectivity index (χ2v) is 9.38. The molecule has 0 heterocycles. The predicted octanol–water partition coefficient (Wildman–Crippen LogP) is 3.62.